The van der Waals surface area contributed by atoms with E-state index >= 15 is 0 Å². The lowest BCUT2D eigenvalue weighted by atomic mass is 10.1. The number of anilines is 2. The molecule has 3 aromatic rings. The van der Waals surface area contributed by atoms with Gasteiger partial charge in [0.2, 0.25) is 5.91 Å². The summed E-state index contributed by atoms with van der Waals surface area (Å²) in [6.07, 6.45) is 3.49. The molecule has 4 rings (SSSR count). The largest absolute Gasteiger partial charge is 0.482 e. The first-order valence-corrected chi connectivity index (χ1v) is 12.3. The SMILES string of the molecule is Cc1cc(C)c(OCC(=O)Nc2ccc(N3CCN(C(=O)/C=C/c4ccccc4)CC3)cc2)c(Cl)c1. The highest BCUT2D eigenvalue weighted by atomic mass is 35.5. The number of nitrogens with zero attached hydrogens (tertiary/aromatic N) is 2. The Morgan fingerprint density at radius 2 is 1.67 bits per heavy atom. The van der Waals surface area contributed by atoms with Gasteiger partial charge in [-0.25, -0.2) is 0 Å². The summed E-state index contributed by atoms with van der Waals surface area (Å²) in [5.74, 6) is 0.302. The van der Waals surface area contributed by atoms with E-state index < -0.39 is 0 Å². The second-order valence-corrected chi connectivity index (χ2v) is 9.24. The molecular weight excluding hydrogens is 474 g/mol. The van der Waals surface area contributed by atoms with Gasteiger partial charge in [-0.15, -0.1) is 0 Å². The highest BCUT2D eigenvalue weighted by Crippen LogP contribution is 2.29. The number of piperazine rings is 1. The number of benzene rings is 3. The van der Waals surface area contributed by atoms with Gasteiger partial charge in [0.05, 0.1) is 5.02 Å². The highest BCUT2D eigenvalue weighted by molar-refractivity contribution is 6.32. The Hall–Kier alpha value is -3.77. The third-order valence-electron chi connectivity index (χ3n) is 6.05. The van der Waals surface area contributed by atoms with Crippen molar-refractivity contribution in [3.05, 3.63) is 94.5 Å². The van der Waals surface area contributed by atoms with Crippen molar-refractivity contribution >= 4 is 40.9 Å². The van der Waals surface area contributed by atoms with Crippen LogP contribution >= 0.6 is 11.6 Å². The van der Waals surface area contributed by atoms with E-state index in [1.165, 1.54) is 0 Å². The molecular formula is C29H30ClN3O3. The maximum Gasteiger partial charge on any atom is 0.262 e. The summed E-state index contributed by atoms with van der Waals surface area (Å²) in [5, 5.41) is 3.35. The smallest absolute Gasteiger partial charge is 0.262 e. The van der Waals surface area contributed by atoms with Crippen LogP contribution in [0.2, 0.25) is 5.02 Å². The van der Waals surface area contributed by atoms with Crippen molar-refractivity contribution in [2.45, 2.75) is 13.8 Å². The van der Waals surface area contributed by atoms with Crippen LogP contribution in [0, 0.1) is 13.8 Å². The van der Waals surface area contributed by atoms with Crippen LogP contribution in [0.25, 0.3) is 6.08 Å². The first-order valence-electron chi connectivity index (χ1n) is 12.0. The van der Waals surface area contributed by atoms with E-state index in [0.29, 0.717) is 29.5 Å². The molecule has 0 spiro atoms. The van der Waals surface area contributed by atoms with Crippen molar-refractivity contribution in [1.29, 1.82) is 0 Å². The Labute approximate surface area is 217 Å². The third-order valence-corrected chi connectivity index (χ3v) is 6.33. The Kier molecular flexibility index (Phi) is 8.28. The Morgan fingerprint density at radius 3 is 2.33 bits per heavy atom. The lowest BCUT2D eigenvalue weighted by Gasteiger charge is -2.35. The molecule has 0 aliphatic carbocycles. The molecule has 7 heteroatoms. The van der Waals surface area contributed by atoms with Gasteiger partial charge >= 0.3 is 0 Å². The molecule has 0 radical (unpaired) electrons. The molecule has 0 atom stereocenters. The molecule has 186 valence electrons. The number of amides is 2. The van der Waals surface area contributed by atoms with Crippen LogP contribution in [0.15, 0.2) is 72.8 Å². The molecule has 1 saturated heterocycles. The van der Waals surface area contributed by atoms with Gasteiger partial charge in [0.25, 0.3) is 5.91 Å². The van der Waals surface area contributed by atoms with Crippen LogP contribution in [0.5, 0.6) is 5.75 Å². The average Bonchev–Trinajstić information content (AvgIpc) is 2.88. The number of carbonyl (C=O) groups is 2. The van der Waals surface area contributed by atoms with Gasteiger partial charge in [-0.1, -0.05) is 48.0 Å². The van der Waals surface area contributed by atoms with Gasteiger partial charge < -0.3 is 19.9 Å². The average molecular weight is 504 g/mol. The van der Waals surface area contributed by atoms with Crippen LogP contribution < -0.4 is 15.0 Å². The van der Waals surface area contributed by atoms with E-state index in [9.17, 15) is 9.59 Å². The molecule has 2 amide bonds. The van der Waals surface area contributed by atoms with Crippen LogP contribution in [-0.4, -0.2) is 49.5 Å². The predicted octanol–water partition coefficient (Wildman–Crippen LogP) is 5.34. The molecule has 0 unspecified atom stereocenters. The Morgan fingerprint density at radius 1 is 0.972 bits per heavy atom. The summed E-state index contributed by atoms with van der Waals surface area (Å²) in [6, 6.07) is 21.3. The standard InChI is InChI=1S/C29H30ClN3O3/c1-21-18-22(2)29(26(30)19-21)36-20-27(34)31-24-9-11-25(12-10-24)32-14-16-33(17-15-32)28(35)13-8-23-6-4-3-5-7-23/h3-13,18-19H,14-17,20H2,1-2H3,(H,31,34)/b13-8+. The van der Waals surface area contributed by atoms with Crippen LogP contribution in [0.4, 0.5) is 11.4 Å². The number of rotatable bonds is 7. The van der Waals surface area contributed by atoms with Crippen molar-refractivity contribution < 1.29 is 14.3 Å². The van der Waals surface area contributed by atoms with Crippen molar-refractivity contribution in [2.75, 3.05) is 43.0 Å². The van der Waals surface area contributed by atoms with Crippen molar-refractivity contribution in [2.24, 2.45) is 0 Å². The maximum absolute atomic E-state index is 12.5. The summed E-state index contributed by atoms with van der Waals surface area (Å²) in [7, 11) is 0. The van der Waals surface area contributed by atoms with Crippen LogP contribution in [-0.2, 0) is 9.59 Å². The number of hydrogen-bond acceptors (Lipinski definition) is 4. The topological polar surface area (TPSA) is 61.9 Å². The molecule has 1 heterocycles. The summed E-state index contributed by atoms with van der Waals surface area (Å²) in [4.78, 5) is 29.0. The number of hydrogen-bond donors (Lipinski definition) is 1. The molecule has 0 bridgehead atoms. The Bertz CT molecular complexity index is 1210. The minimum Gasteiger partial charge on any atom is -0.482 e. The van der Waals surface area contributed by atoms with Gasteiger partial charge in [-0.2, -0.15) is 0 Å². The third kappa shape index (κ3) is 6.67. The normalized spacial score (nSPS) is 13.6. The zero-order valence-electron chi connectivity index (χ0n) is 20.5. The first kappa shape index (κ1) is 25.3. The maximum atomic E-state index is 12.5. The van der Waals surface area contributed by atoms with Crippen molar-refractivity contribution in [1.82, 2.24) is 4.90 Å². The van der Waals surface area contributed by atoms with E-state index in [1.54, 1.807) is 6.08 Å². The predicted molar refractivity (Wildman–Crippen MR) is 146 cm³/mol. The van der Waals surface area contributed by atoms with E-state index in [0.717, 1.165) is 35.5 Å². The highest BCUT2D eigenvalue weighted by Gasteiger charge is 2.20. The molecule has 1 aliphatic rings. The summed E-state index contributed by atoms with van der Waals surface area (Å²) in [5.41, 5.74) is 4.70. The summed E-state index contributed by atoms with van der Waals surface area (Å²) < 4.78 is 5.66. The molecule has 36 heavy (non-hydrogen) atoms. The second-order valence-electron chi connectivity index (χ2n) is 8.83. The lowest BCUT2D eigenvalue weighted by Crippen LogP contribution is -2.48. The molecule has 0 saturated carbocycles. The van der Waals surface area contributed by atoms with Gasteiger partial charge in [-0.05, 0) is 66.9 Å². The summed E-state index contributed by atoms with van der Waals surface area (Å²) >= 11 is 6.25. The van der Waals surface area contributed by atoms with E-state index in [1.807, 2.05) is 91.6 Å². The van der Waals surface area contributed by atoms with E-state index in [-0.39, 0.29) is 18.4 Å². The van der Waals surface area contributed by atoms with Crippen LogP contribution in [0.1, 0.15) is 16.7 Å². The minimum atomic E-state index is -0.255. The van der Waals surface area contributed by atoms with Crippen molar-refractivity contribution in [3.8, 4) is 5.75 Å². The monoisotopic (exact) mass is 503 g/mol. The minimum absolute atomic E-state index is 0.0286. The number of nitrogens with one attached hydrogen (secondary N) is 1. The number of halogens is 1. The molecule has 1 aliphatic heterocycles. The first-order chi connectivity index (χ1) is 17.4. The summed E-state index contributed by atoms with van der Waals surface area (Å²) in [6.45, 7) is 6.57. The van der Waals surface area contributed by atoms with Crippen molar-refractivity contribution in [3.63, 3.8) is 0 Å². The molecule has 6 nitrogen and oxygen atoms in total. The zero-order chi connectivity index (χ0) is 25.5. The molecule has 1 fully saturated rings. The number of carbonyl (C=O) groups excluding carboxylic acids is 2. The van der Waals surface area contributed by atoms with E-state index in [2.05, 4.69) is 10.2 Å². The van der Waals surface area contributed by atoms with Gasteiger partial charge in [0.1, 0.15) is 5.75 Å². The number of ether oxygens (including phenoxy) is 1. The van der Waals surface area contributed by atoms with Gasteiger partial charge in [0.15, 0.2) is 6.61 Å². The number of aryl methyl sites for hydroxylation is 2. The Balaban J connectivity index is 1.24. The van der Waals surface area contributed by atoms with Gasteiger partial charge in [-0.3, -0.25) is 9.59 Å². The lowest BCUT2D eigenvalue weighted by molar-refractivity contribution is -0.126. The fourth-order valence-corrected chi connectivity index (χ4v) is 4.57. The van der Waals surface area contributed by atoms with Crippen LogP contribution in [0.3, 0.4) is 0 Å². The zero-order valence-corrected chi connectivity index (χ0v) is 21.3. The fourth-order valence-electron chi connectivity index (χ4n) is 4.20. The van der Waals surface area contributed by atoms with E-state index in [4.69, 9.17) is 16.3 Å². The molecule has 0 aromatic heterocycles. The molecule has 3 aromatic carbocycles. The second kappa shape index (κ2) is 11.8. The fraction of sp³-hybridized carbons (Fsp3) is 0.241. The molecule has 1 N–H and O–H groups in total. The van der Waals surface area contributed by atoms with Gasteiger partial charge in [0, 0.05) is 43.6 Å². The quantitative estimate of drug-likeness (QED) is 0.442.